The lowest BCUT2D eigenvalue weighted by Crippen LogP contribution is -2.28. The lowest BCUT2D eigenvalue weighted by Gasteiger charge is -2.10. The number of hydrogen-bond donors (Lipinski definition) is 1. The van der Waals surface area contributed by atoms with E-state index < -0.39 is 29.3 Å². The van der Waals surface area contributed by atoms with E-state index in [0.29, 0.717) is 6.07 Å². The Labute approximate surface area is 134 Å². The van der Waals surface area contributed by atoms with Crippen molar-refractivity contribution in [3.05, 3.63) is 65.2 Å². The molecule has 0 saturated carbocycles. The largest absolute Gasteiger partial charge is 0.489 e. The minimum Gasteiger partial charge on any atom is -0.489 e. The van der Waals surface area contributed by atoms with Gasteiger partial charge in [0.1, 0.15) is 12.4 Å². The van der Waals surface area contributed by atoms with Crippen molar-refractivity contribution in [3.8, 4) is 5.75 Å². The number of alkyl halides is 3. The van der Waals surface area contributed by atoms with Crippen LogP contribution >= 0.6 is 0 Å². The maximum absolute atomic E-state index is 13.3. The molecule has 1 N–H and O–H groups in total. The highest BCUT2D eigenvalue weighted by molar-refractivity contribution is 5.94. The molecule has 0 aromatic heterocycles. The monoisotopic (exact) mass is 345 g/mol. The summed E-state index contributed by atoms with van der Waals surface area (Å²) in [6.45, 7) is -0.0917. The predicted molar refractivity (Wildman–Crippen MR) is 75.6 cm³/mol. The lowest BCUT2D eigenvalue weighted by atomic mass is 10.1. The van der Waals surface area contributed by atoms with Crippen molar-refractivity contribution in [3.63, 3.8) is 0 Å². The predicted octanol–water partition coefficient (Wildman–Crippen LogP) is 3.79. The first-order valence-electron chi connectivity index (χ1n) is 6.80. The first-order valence-corrected chi connectivity index (χ1v) is 6.80. The molecule has 2 rings (SSSR count). The van der Waals surface area contributed by atoms with Gasteiger partial charge in [-0.2, -0.15) is 13.2 Å². The average Bonchev–Trinajstić information content (AvgIpc) is 2.52. The van der Waals surface area contributed by atoms with Gasteiger partial charge >= 0.3 is 6.18 Å². The Morgan fingerprint density at radius 1 is 1.04 bits per heavy atom. The standard InChI is InChI=1S/C16H12F5NO2/c17-12-5-6-14(13(18)9-12)24-8-7-22-15(23)10-1-3-11(4-2-10)16(19,20)21/h1-6,9H,7-8H2,(H,22,23). The van der Waals surface area contributed by atoms with E-state index in [4.69, 9.17) is 4.74 Å². The molecule has 0 aliphatic heterocycles. The van der Waals surface area contributed by atoms with E-state index in [9.17, 15) is 26.7 Å². The summed E-state index contributed by atoms with van der Waals surface area (Å²) in [5.74, 6) is -2.37. The number of rotatable bonds is 5. The number of carbonyl (C=O) groups excluding carboxylic acids is 1. The van der Waals surface area contributed by atoms with Gasteiger partial charge in [0.25, 0.3) is 5.91 Å². The van der Waals surface area contributed by atoms with E-state index in [1.54, 1.807) is 0 Å². The highest BCUT2D eigenvalue weighted by Crippen LogP contribution is 2.29. The maximum atomic E-state index is 13.3. The highest BCUT2D eigenvalue weighted by atomic mass is 19.4. The van der Waals surface area contributed by atoms with Crippen LogP contribution in [-0.4, -0.2) is 19.1 Å². The zero-order chi connectivity index (χ0) is 17.7. The van der Waals surface area contributed by atoms with Crippen molar-refractivity contribution in [1.82, 2.24) is 5.32 Å². The summed E-state index contributed by atoms with van der Waals surface area (Å²) in [4.78, 5) is 11.8. The number of benzene rings is 2. The molecule has 0 aliphatic carbocycles. The molecule has 0 heterocycles. The normalized spacial score (nSPS) is 11.2. The molecule has 0 aliphatic rings. The number of ether oxygens (including phenoxy) is 1. The van der Waals surface area contributed by atoms with Crippen LogP contribution in [0, 0.1) is 11.6 Å². The zero-order valence-corrected chi connectivity index (χ0v) is 12.2. The molecule has 24 heavy (non-hydrogen) atoms. The minimum absolute atomic E-state index is 0.00330. The molecule has 2 aromatic rings. The van der Waals surface area contributed by atoms with Crippen molar-refractivity contribution < 1.29 is 31.5 Å². The number of nitrogens with one attached hydrogen (secondary N) is 1. The van der Waals surface area contributed by atoms with E-state index in [1.165, 1.54) is 0 Å². The van der Waals surface area contributed by atoms with Crippen LogP contribution in [0.4, 0.5) is 22.0 Å². The Balaban J connectivity index is 1.83. The van der Waals surface area contributed by atoms with Crippen LogP contribution in [0.25, 0.3) is 0 Å². The summed E-state index contributed by atoms with van der Waals surface area (Å²) >= 11 is 0. The molecular formula is C16H12F5NO2. The summed E-state index contributed by atoms with van der Waals surface area (Å²) in [7, 11) is 0. The first kappa shape index (κ1) is 17.7. The van der Waals surface area contributed by atoms with E-state index >= 15 is 0 Å². The average molecular weight is 345 g/mol. The Bertz CT molecular complexity index is 713. The third kappa shape index (κ3) is 4.68. The van der Waals surface area contributed by atoms with Crippen LogP contribution in [0.1, 0.15) is 15.9 Å². The molecule has 2 aromatic carbocycles. The van der Waals surface area contributed by atoms with Gasteiger partial charge in [0.05, 0.1) is 12.1 Å². The molecule has 0 radical (unpaired) electrons. The quantitative estimate of drug-likeness (QED) is 0.661. The topological polar surface area (TPSA) is 38.3 Å². The molecule has 8 heteroatoms. The van der Waals surface area contributed by atoms with Gasteiger partial charge in [-0.3, -0.25) is 4.79 Å². The van der Waals surface area contributed by atoms with Crippen molar-refractivity contribution in [2.45, 2.75) is 6.18 Å². The van der Waals surface area contributed by atoms with Crippen LogP contribution < -0.4 is 10.1 Å². The Kier molecular flexibility index (Phi) is 5.38. The van der Waals surface area contributed by atoms with Gasteiger partial charge in [-0.15, -0.1) is 0 Å². The third-order valence-corrected chi connectivity index (χ3v) is 3.01. The minimum atomic E-state index is -4.47. The van der Waals surface area contributed by atoms with Crippen molar-refractivity contribution >= 4 is 5.91 Å². The van der Waals surface area contributed by atoms with Gasteiger partial charge in [0, 0.05) is 11.6 Å². The molecule has 0 unspecified atom stereocenters. The number of hydrogen-bond acceptors (Lipinski definition) is 2. The van der Waals surface area contributed by atoms with Crippen molar-refractivity contribution in [2.24, 2.45) is 0 Å². The Hall–Kier alpha value is -2.64. The second-order valence-electron chi connectivity index (χ2n) is 4.75. The van der Waals surface area contributed by atoms with E-state index in [1.807, 2.05) is 0 Å². The van der Waals surface area contributed by atoms with Crippen LogP contribution in [-0.2, 0) is 6.18 Å². The summed E-state index contributed by atoms with van der Waals surface area (Å²) in [5, 5.41) is 2.42. The van der Waals surface area contributed by atoms with Gasteiger partial charge in [0.15, 0.2) is 11.6 Å². The van der Waals surface area contributed by atoms with Gasteiger partial charge < -0.3 is 10.1 Å². The zero-order valence-electron chi connectivity index (χ0n) is 12.2. The van der Waals surface area contributed by atoms with Crippen molar-refractivity contribution in [1.29, 1.82) is 0 Å². The molecule has 0 bridgehead atoms. The summed E-state index contributed by atoms with van der Waals surface area (Å²) in [6, 6.07) is 6.52. The first-order chi connectivity index (χ1) is 11.3. The number of halogens is 5. The smallest absolute Gasteiger partial charge is 0.416 e. The Morgan fingerprint density at radius 2 is 1.71 bits per heavy atom. The molecule has 0 atom stereocenters. The Morgan fingerprint density at radius 3 is 2.29 bits per heavy atom. The van der Waals surface area contributed by atoms with Crippen LogP contribution in [0.15, 0.2) is 42.5 Å². The maximum Gasteiger partial charge on any atom is 0.416 e. The van der Waals surface area contributed by atoms with Gasteiger partial charge in [-0.1, -0.05) is 0 Å². The van der Waals surface area contributed by atoms with Crippen molar-refractivity contribution in [2.75, 3.05) is 13.2 Å². The fraction of sp³-hybridized carbons (Fsp3) is 0.188. The second kappa shape index (κ2) is 7.29. The molecule has 1 amide bonds. The fourth-order valence-electron chi connectivity index (χ4n) is 1.83. The van der Waals surface area contributed by atoms with Crippen LogP contribution in [0.3, 0.4) is 0 Å². The summed E-state index contributed by atoms with van der Waals surface area (Å²) < 4.78 is 68.3. The number of carbonyl (C=O) groups is 1. The molecule has 0 spiro atoms. The SMILES string of the molecule is O=C(NCCOc1ccc(F)cc1F)c1ccc(C(F)(F)F)cc1. The van der Waals surface area contributed by atoms with E-state index in [-0.39, 0.29) is 24.5 Å². The number of amides is 1. The molecule has 0 saturated heterocycles. The van der Waals surface area contributed by atoms with Crippen LogP contribution in [0.2, 0.25) is 0 Å². The lowest BCUT2D eigenvalue weighted by molar-refractivity contribution is -0.137. The van der Waals surface area contributed by atoms with E-state index in [2.05, 4.69) is 5.32 Å². The van der Waals surface area contributed by atoms with E-state index in [0.717, 1.165) is 36.4 Å². The summed E-state index contributed by atoms with van der Waals surface area (Å²) in [5.41, 5.74) is -0.801. The van der Waals surface area contributed by atoms with Gasteiger partial charge in [0.2, 0.25) is 0 Å². The fourth-order valence-corrected chi connectivity index (χ4v) is 1.83. The third-order valence-electron chi connectivity index (χ3n) is 3.01. The molecule has 0 fully saturated rings. The molecule has 3 nitrogen and oxygen atoms in total. The van der Waals surface area contributed by atoms with Gasteiger partial charge in [-0.25, -0.2) is 8.78 Å². The molecule has 128 valence electrons. The van der Waals surface area contributed by atoms with Crippen LogP contribution in [0.5, 0.6) is 5.75 Å². The van der Waals surface area contributed by atoms with Gasteiger partial charge in [-0.05, 0) is 36.4 Å². The highest BCUT2D eigenvalue weighted by Gasteiger charge is 2.30. The molecular weight excluding hydrogens is 333 g/mol. The second-order valence-corrected chi connectivity index (χ2v) is 4.75. The summed E-state index contributed by atoms with van der Waals surface area (Å²) in [6.07, 6.45) is -4.47.